The molecule has 1 aliphatic carbocycles. The van der Waals surface area contributed by atoms with E-state index in [4.69, 9.17) is 15.3 Å². The third kappa shape index (κ3) is 1.23. The summed E-state index contributed by atoms with van der Waals surface area (Å²) in [4.78, 5) is 0. The maximum absolute atomic E-state index is 8.83. The molecule has 50 valence electrons. The van der Waals surface area contributed by atoms with E-state index in [1.165, 1.54) is 12.2 Å². The van der Waals surface area contributed by atoms with E-state index in [1.54, 1.807) is 0 Å². The second kappa shape index (κ2) is 2.11. The first-order chi connectivity index (χ1) is 4.20. The Balaban J connectivity index is 2.74. The van der Waals surface area contributed by atoms with Gasteiger partial charge in [0.1, 0.15) is 11.9 Å². The van der Waals surface area contributed by atoms with Gasteiger partial charge in [-0.05, 0) is 12.2 Å². The van der Waals surface area contributed by atoms with Crippen LogP contribution < -0.4 is 0 Å². The Labute approximate surface area is 52.6 Å². The predicted molar refractivity (Wildman–Crippen MR) is 32.0 cm³/mol. The Kier molecular flexibility index (Phi) is 1.44. The van der Waals surface area contributed by atoms with Gasteiger partial charge in [0.15, 0.2) is 0 Å². The van der Waals surface area contributed by atoms with Crippen LogP contribution in [0.4, 0.5) is 0 Å². The minimum absolute atomic E-state index is 0.0900. The van der Waals surface area contributed by atoms with Gasteiger partial charge < -0.3 is 15.3 Å². The summed E-state index contributed by atoms with van der Waals surface area (Å²) < 4.78 is 0. The number of aliphatic hydroxyl groups excluding tert-OH is 3. The molecule has 1 atom stereocenters. The zero-order valence-electron chi connectivity index (χ0n) is 4.78. The van der Waals surface area contributed by atoms with Gasteiger partial charge in [-0.25, -0.2) is 0 Å². The largest absolute Gasteiger partial charge is 0.512 e. The molecule has 3 N–H and O–H groups in total. The molecule has 0 spiro atoms. The van der Waals surface area contributed by atoms with Gasteiger partial charge in [-0.1, -0.05) is 0 Å². The van der Waals surface area contributed by atoms with Gasteiger partial charge in [0.25, 0.3) is 0 Å². The lowest BCUT2D eigenvalue weighted by atomic mass is 10.1. The molecule has 0 aliphatic heterocycles. The maximum Gasteiger partial charge on any atom is 0.121 e. The van der Waals surface area contributed by atoms with Crippen LogP contribution in [0.15, 0.2) is 23.7 Å². The van der Waals surface area contributed by atoms with Crippen molar-refractivity contribution in [1.29, 1.82) is 0 Å². The van der Waals surface area contributed by atoms with Crippen molar-refractivity contribution in [1.82, 2.24) is 0 Å². The highest BCUT2D eigenvalue weighted by atomic mass is 16.3. The fraction of sp³-hybridized carbons (Fsp3) is 0.333. The Morgan fingerprint density at radius 2 is 2.00 bits per heavy atom. The molecule has 0 fully saturated rings. The fourth-order valence-corrected chi connectivity index (χ4v) is 0.663. The van der Waals surface area contributed by atoms with Gasteiger partial charge >= 0.3 is 0 Å². The molecule has 0 aromatic carbocycles. The van der Waals surface area contributed by atoms with Gasteiger partial charge in [0, 0.05) is 6.42 Å². The molecular weight excluding hydrogens is 120 g/mol. The number of aliphatic hydroxyl groups is 3. The van der Waals surface area contributed by atoms with Crippen molar-refractivity contribution >= 4 is 0 Å². The summed E-state index contributed by atoms with van der Waals surface area (Å²) >= 11 is 0. The molecule has 0 aromatic rings. The normalized spacial score (nSPS) is 27.0. The van der Waals surface area contributed by atoms with Gasteiger partial charge in [0.2, 0.25) is 0 Å². The van der Waals surface area contributed by atoms with E-state index in [0.29, 0.717) is 0 Å². The molecule has 0 radical (unpaired) electrons. The zero-order chi connectivity index (χ0) is 6.85. The van der Waals surface area contributed by atoms with Crippen LogP contribution in [0.1, 0.15) is 6.42 Å². The molecule has 9 heavy (non-hydrogen) atoms. The smallest absolute Gasteiger partial charge is 0.121 e. The molecule has 3 heteroatoms. The number of allylic oxidation sites excluding steroid dienone is 2. The van der Waals surface area contributed by atoms with E-state index < -0.39 is 6.10 Å². The second-order valence-electron chi connectivity index (χ2n) is 1.97. The van der Waals surface area contributed by atoms with E-state index >= 15 is 0 Å². The predicted octanol–water partition coefficient (Wildman–Crippen LogP) is 0.635. The lowest BCUT2D eigenvalue weighted by Crippen LogP contribution is -2.13. The average molecular weight is 128 g/mol. The van der Waals surface area contributed by atoms with Crippen LogP contribution in [-0.4, -0.2) is 21.4 Å². The van der Waals surface area contributed by atoms with E-state index in [0.717, 1.165) is 0 Å². The summed E-state index contributed by atoms with van der Waals surface area (Å²) in [6.07, 6.45) is 1.84. The van der Waals surface area contributed by atoms with Crippen LogP contribution in [0, 0.1) is 0 Å². The van der Waals surface area contributed by atoms with Gasteiger partial charge in [-0.3, -0.25) is 0 Å². The highest BCUT2D eigenvalue weighted by molar-refractivity contribution is 5.19. The Hall–Kier alpha value is -0.960. The molecular formula is C6H8O3. The fourth-order valence-electron chi connectivity index (χ4n) is 0.663. The molecule has 0 saturated heterocycles. The average Bonchev–Trinajstić information content (AvgIpc) is 1.80. The first-order valence-electron chi connectivity index (χ1n) is 2.67. The Morgan fingerprint density at radius 3 is 2.44 bits per heavy atom. The molecule has 0 amide bonds. The van der Waals surface area contributed by atoms with Gasteiger partial charge in [-0.15, -0.1) is 0 Å². The van der Waals surface area contributed by atoms with Gasteiger partial charge in [0.05, 0.1) is 5.76 Å². The van der Waals surface area contributed by atoms with Crippen molar-refractivity contribution in [2.75, 3.05) is 0 Å². The summed E-state index contributed by atoms with van der Waals surface area (Å²) in [6.45, 7) is 0. The molecule has 1 aliphatic rings. The summed E-state index contributed by atoms with van der Waals surface area (Å²) in [5.74, 6) is 0.00750. The highest BCUT2D eigenvalue weighted by Crippen LogP contribution is 2.13. The standard InChI is InChI=1S/C6H8O3/c7-4-1-2-5(8)6(9)3-4/h1-2,6-9H,3H2. The van der Waals surface area contributed by atoms with E-state index in [1.807, 2.05) is 0 Å². The van der Waals surface area contributed by atoms with Crippen LogP contribution in [0.3, 0.4) is 0 Å². The molecule has 0 heterocycles. The molecule has 1 rings (SSSR count). The molecule has 0 saturated carbocycles. The SMILES string of the molecule is OC1=CC=C(O)C(O)C1. The van der Waals surface area contributed by atoms with Crippen molar-refractivity contribution in [3.05, 3.63) is 23.7 Å². The van der Waals surface area contributed by atoms with E-state index in [2.05, 4.69) is 0 Å². The van der Waals surface area contributed by atoms with Crippen LogP contribution in [0.25, 0.3) is 0 Å². The Bertz CT molecular complexity index is 169. The van der Waals surface area contributed by atoms with E-state index in [9.17, 15) is 0 Å². The van der Waals surface area contributed by atoms with Crippen LogP contribution in [0.5, 0.6) is 0 Å². The molecule has 3 nitrogen and oxygen atoms in total. The van der Waals surface area contributed by atoms with E-state index in [-0.39, 0.29) is 17.9 Å². The van der Waals surface area contributed by atoms with Crippen molar-refractivity contribution in [2.45, 2.75) is 12.5 Å². The lowest BCUT2D eigenvalue weighted by Gasteiger charge is -2.11. The number of rotatable bonds is 0. The molecule has 0 bridgehead atoms. The summed E-state index contributed by atoms with van der Waals surface area (Å²) in [6, 6.07) is 0. The van der Waals surface area contributed by atoms with Crippen LogP contribution >= 0.6 is 0 Å². The van der Waals surface area contributed by atoms with Gasteiger partial charge in [-0.2, -0.15) is 0 Å². The summed E-state index contributed by atoms with van der Waals surface area (Å²) in [7, 11) is 0. The maximum atomic E-state index is 8.83. The minimum atomic E-state index is -0.921. The van der Waals surface area contributed by atoms with Crippen molar-refractivity contribution in [3.8, 4) is 0 Å². The lowest BCUT2D eigenvalue weighted by molar-refractivity contribution is 0.137. The highest BCUT2D eigenvalue weighted by Gasteiger charge is 2.14. The first-order valence-corrected chi connectivity index (χ1v) is 2.67. The van der Waals surface area contributed by atoms with Crippen LogP contribution in [0.2, 0.25) is 0 Å². The molecule has 1 unspecified atom stereocenters. The third-order valence-electron chi connectivity index (χ3n) is 1.19. The van der Waals surface area contributed by atoms with Crippen molar-refractivity contribution in [3.63, 3.8) is 0 Å². The summed E-state index contributed by atoms with van der Waals surface area (Å²) in [5.41, 5.74) is 0. The number of hydrogen-bond donors (Lipinski definition) is 3. The summed E-state index contributed by atoms with van der Waals surface area (Å²) in [5, 5.41) is 26.3. The quantitative estimate of drug-likeness (QED) is 0.448. The second-order valence-corrected chi connectivity index (χ2v) is 1.97. The number of hydrogen-bond acceptors (Lipinski definition) is 3. The first kappa shape index (κ1) is 6.16. The third-order valence-corrected chi connectivity index (χ3v) is 1.19. The van der Waals surface area contributed by atoms with Crippen molar-refractivity contribution < 1.29 is 15.3 Å². The monoisotopic (exact) mass is 128 g/mol. The minimum Gasteiger partial charge on any atom is -0.512 e. The zero-order valence-corrected chi connectivity index (χ0v) is 4.78. The molecule has 0 aromatic heterocycles. The van der Waals surface area contributed by atoms with Crippen LogP contribution in [-0.2, 0) is 0 Å². The topological polar surface area (TPSA) is 60.7 Å². The Morgan fingerprint density at radius 1 is 1.33 bits per heavy atom. The van der Waals surface area contributed by atoms with Crippen molar-refractivity contribution in [2.24, 2.45) is 0 Å².